The van der Waals surface area contributed by atoms with Crippen molar-refractivity contribution < 1.29 is 19.4 Å². The van der Waals surface area contributed by atoms with Gasteiger partial charge in [0.2, 0.25) is 5.91 Å². The maximum absolute atomic E-state index is 11.5. The second kappa shape index (κ2) is 7.24. The summed E-state index contributed by atoms with van der Waals surface area (Å²) >= 11 is 0. The van der Waals surface area contributed by atoms with E-state index >= 15 is 0 Å². The molecule has 1 amide bonds. The molecule has 0 saturated heterocycles. The third kappa shape index (κ3) is 7.70. The van der Waals surface area contributed by atoms with E-state index < -0.39 is 12.0 Å². The van der Waals surface area contributed by atoms with Crippen LogP contribution in [-0.2, 0) is 14.3 Å². The molecule has 0 spiro atoms. The molecule has 6 heteroatoms. The summed E-state index contributed by atoms with van der Waals surface area (Å²) < 4.78 is 4.98. The maximum atomic E-state index is 11.5. The van der Waals surface area contributed by atoms with Crippen LogP contribution in [0.2, 0.25) is 0 Å². The minimum Gasteiger partial charge on any atom is -0.481 e. The van der Waals surface area contributed by atoms with Crippen LogP contribution in [-0.4, -0.2) is 42.8 Å². The van der Waals surface area contributed by atoms with Gasteiger partial charge in [-0.25, -0.2) is 0 Å². The molecule has 1 atom stereocenters. The van der Waals surface area contributed by atoms with Gasteiger partial charge in [-0.05, 0) is 5.41 Å². The molecular formula is C11H22N2O4. The van der Waals surface area contributed by atoms with Crippen LogP contribution < -0.4 is 11.1 Å². The van der Waals surface area contributed by atoms with Crippen LogP contribution in [0.1, 0.15) is 27.2 Å². The third-order valence-electron chi connectivity index (χ3n) is 2.25. The summed E-state index contributed by atoms with van der Waals surface area (Å²) in [4.78, 5) is 22.2. The Morgan fingerprint density at radius 1 is 1.41 bits per heavy atom. The number of carbonyl (C=O) groups excluding carboxylic acids is 1. The van der Waals surface area contributed by atoms with E-state index in [0.29, 0.717) is 13.2 Å². The van der Waals surface area contributed by atoms with E-state index in [1.54, 1.807) is 0 Å². The Hall–Kier alpha value is -1.14. The number of nitrogens with two attached hydrogens (primary N) is 1. The number of hydrogen-bond acceptors (Lipinski definition) is 4. The number of hydrogen-bond donors (Lipinski definition) is 3. The van der Waals surface area contributed by atoms with Crippen molar-refractivity contribution in [2.24, 2.45) is 11.1 Å². The Kier molecular flexibility index (Phi) is 6.75. The Morgan fingerprint density at radius 2 is 2.00 bits per heavy atom. The summed E-state index contributed by atoms with van der Waals surface area (Å²) in [6, 6.07) is -0.422. The Bertz CT molecular complexity index is 261. The van der Waals surface area contributed by atoms with Crippen molar-refractivity contribution in [3.05, 3.63) is 0 Å². The minimum atomic E-state index is -0.937. The molecule has 0 bridgehead atoms. The van der Waals surface area contributed by atoms with Gasteiger partial charge in [-0.2, -0.15) is 0 Å². The van der Waals surface area contributed by atoms with Crippen molar-refractivity contribution in [1.29, 1.82) is 0 Å². The fourth-order valence-electron chi connectivity index (χ4n) is 1.23. The van der Waals surface area contributed by atoms with E-state index in [4.69, 9.17) is 15.6 Å². The topological polar surface area (TPSA) is 102 Å². The molecule has 0 aliphatic carbocycles. The summed E-state index contributed by atoms with van der Waals surface area (Å²) in [6.45, 7) is 6.20. The number of carboxylic acids is 1. The van der Waals surface area contributed by atoms with E-state index in [2.05, 4.69) is 5.32 Å². The smallest absolute Gasteiger partial charge is 0.305 e. The van der Waals surface area contributed by atoms with Gasteiger partial charge in [0.1, 0.15) is 6.61 Å². The number of carboxylic acid groups (broad SMARTS) is 1. The van der Waals surface area contributed by atoms with Crippen LogP contribution in [0, 0.1) is 5.41 Å². The van der Waals surface area contributed by atoms with E-state index in [9.17, 15) is 9.59 Å². The third-order valence-corrected chi connectivity index (χ3v) is 2.25. The van der Waals surface area contributed by atoms with Crippen molar-refractivity contribution in [3.63, 3.8) is 0 Å². The highest BCUT2D eigenvalue weighted by Crippen LogP contribution is 2.21. The van der Waals surface area contributed by atoms with Gasteiger partial charge in [0, 0.05) is 12.6 Å². The van der Waals surface area contributed by atoms with Crippen LogP contribution in [0.4, 0.5) is 0 Å². The first-order valence-electron chi connectivity index (χ1n) is 5.56. The molecule has 0 aromatic heterocycles. The Balaban J connectivity index is 4.24. The standard InChI is InChI=1S/C11H22N2O4/c1-11(2,3)8(6-10(15)16)13-9(14)7-17-5-4-12/h8H,4-7,12H2,1-3H3,(H,13,14)(H,15,16). The summed E-state index contributed by atoms with van der Waals surface area (Å²) in [5, 5.41) is 11.4. The van der Waals surface area contributed by atoms with Crippen molar-refractivity contribution in [2.75, 3.05) is 19.8 Å². The highest BCUT2D eigenvalue weighted by Gasteiger charge is 2.28. The van der Waals surface area contributed by atoms with Gasteiger partial charge < -0.3 is 20.9 Å². The van der Waals surface area contributed by atoms with Crippen molar-refractivity contribution >= 4 is 11.9 Å². The molecule has 0 radical (unpaired) electrons. The van der Waals surface area contributed by atoms with Crippen LogP contribution in [0.25, 0.3) is 0 Å². The van der Waals surface area contributed by atoms with Gasteiger partial charge in [-0.3, -0.25) is 9.59 Å². The number of nitrogens with one attached hydrogen (secondary N) is 1. The molecule has 100 valence electrons. The van der Waals surface area contributed by atoms with Gasteiger partial charge in [0.05, 0.1) is 13.0 Å². The lowest BCUT2D eigenvalue weighted by Gasteiger charge is -2.30. The molecule has 0 fully saturated rings. The number of amides is 1. The lowest BCUT2D eigenvalue weighted by molar-refractivity contribution is -0.138. The Labute approximate surface area is 102 Å². The molecule has 0 saturated carbocycles. The largest absolute Gasteiger partial charge is 0.481 e. The molecule has 0 aliphatic rings. The molecule has 1 unspecified atom stereocenters. The van der Waals surface area contributed by atoms with Crippen LogP contribution in [0.3, 0.4) is 0 Å². The average Bonchev–Trinajstić information content (AvgIpc) is 2.15. The minimum absolute atomic E-state index is 0.0939. The van der Waals surface area contributed by atoms with Gasteiger partial charge in [-0.1, -0.05) is 20.8 Å². The summed E-state index contributed by atoms with van der Waals surface area (Å²) in [5.74, 6) is -1.26. The summed E-state index contributed by atoms with van der Waals surface area (Å²) in [6.07, 6.45) is -0.105. The number of aliphatic carboxylic acids is 1. The molecule has 0 aromatic carbocycles. The first-order chi connectivity index (χ1) is 7.77. The maximum Gasteiger partial charge on any atom is 0.305 e. The first-order valence-corrected chi connectivity index (χ1v) is 5.56. The molecule has 0 rings (SSSR count). The first kappa shape index (κ1) is 15.9. The highest BCUT2D eigenvalue weighted by molar-refractivity contribution is 5.78. The fourth-order valence-corrected chi connectivity index (χ4v) is 1.23. The summed E-state index contributed by atoms with van der Waals surface area (Å²) in [5.41, 5.74) is 4.90. The lowest BCUT2D eigenvalue weighted by Crippen LogP contribution is -2.46. The number of ether oxygens (including phenoxy) is 1. The van der Waals surface area contributed by atoms with Crippen LogP contribution >= 0.6 is 0 Å². The molecular weight excluding hydrogens is 224 g/mol. The van der Waals surface area contributed by atoms with E-state index in [1.165, 1.54) is 0 Å². The zero-order chi connectivity index (χ0) is 13.5. The van der Waals surface area contributed by atoms with Gasteiger partial charge in [0.25, 0.3) is 0 Å². The molecule has 4 N–H and O–H groups in total. The number of rotatable bonds is 7. The SMILES string of the molecule is CC(C)(C)C(CC(=O)O)NC(=O)COCCN. The van der Waals surface area contributed by atoms with Crippen molar-refractivity contribution in [1.82, 2.24) is 5.32 Å². The Morgan fingerprint density at radius 3 is 2.41 bits per heavy atom. The predicted molar refractivity (Wildman–Crippen MR) is 63.5 cm³/mol. The lowest BCUT2D eigenvalue weighted by atomic mass is 9.85. The molecule has 6 nitrogen and oxygen atoms in total. The quantitative estimate of drug-likeness (QED) is 0.547. The monoisotopic (exact) mass is 246 g/mol. The predicted octanol–water partition coefficient (Wildman–Crippen LogP) is -0.0327. The fraction of sp³-hybridized carbons (Fsp3) is 0.818. The zero-order valence-corrected chi connectivity index (χ0v) is 10.7. The van der Waals surface area contributed by atoms with Gasteiger partial charge in [-0.15, -0.1) is 0 Å². The summed E-state index contributed by atoms with van der Waals surface area (Å²) in [7, 11) is 0. The number of carbonyl (C=O) groups is 2. The van der Waals surface area contributed by atoms with Crippen molar-refractivity contribution in [2.45, 2.75) is 33.2 Å². The second-order valence-electron chi connectivity index (χ2n) is 4.93. The molecule has 17 heavy (non-hydrogen) atoms. The van der Waals surface area contributed by atoms with Crippen molar-refractivity contribution in [3.8, 4) is 0 Å². The average molecular weight is 246 g/mol. The molecule has 0 heterocycles. The van der Waals surface area contributed by atoms with E-state index in [-0.39, 0.29) is 24.3 Å². The van der Waals surface area contributed by atoms with Crippen LogP contribution in [0.15, 0.2) is 0 Å². The van der Waals surface area contributed by atoms with Crippen LogP contribution in [0.5, 0.6) is 0 Å². The second-order valence-corrected chi connectivity index (χ2v) is 4.93. The van der Waals surface area contributed by atoms with Gasteiger partial charge >= 0.3 is 5.97 Å². The molecule has 0 aliphatic heterocycles. The van der Waals surface area contributed by atoms with E-state index in [0.717, 1.165) is 0 Å². The highest BCUT2D eigenvalue weighted by atomic mass is 16.5. The zero-order valence-electron chi connectivity index (χ0n) is 10.7. The molecule has 0 aromatic rings. The van der Waals surface area contributed by atoms with E-state index in [1.807, 2.05) is 20.8 Å². The van der Waals surface area contributed by atoms with Gasteiger partial charge in [0.15, 0.2) is 0 Å². The normalized spacial score (nSPS) is 13.2.